The fraction of sp³-hybridized carbons (Fsp3) is 0.500. The summed E-state index contributed by atoms with van der Waals surface area (Å²) in [5, 5.41) is 0. The minimum atomic E-state index is -0.540. The third kappa shape index (κ3) is 5.72. The van der Waals surface area contributed by atoms with Gasteiger partial charge in [-0.2, -0.15) is 0 Å². The predicted molar refractivity (Wildman–Crippen MR) is 101 cm³/mol. The van der Waals surface area contributed by atoms with Crippen LogP contribution in [0.25, 0.3) is 0 Å². The van der Waals surface area contributed by atoms with Gasteiger partial charge in [0.05, 0.1) is 35.9 Å². The van der Waals surface area contributed by atoms with Crippen LogP contribution in [0.5, 0.6) is 5.75 Å². The molecule has 0 atom stereocenters. The van der Waals surface area contributed by atoms with Crippen molar-refractivity contribution in [2.75, 3.05) is 33.4 Å². The first-order valence-electron chi connectivity index (χ1n) is 8.20. The van der Waals surface area contributed by atoms with Crippen LogP contribution in [0.4, 0.5) is 4.79 Å². The van der Waals surface area contributed by atoms with Crippen molar-refractivity contribution in [3.8, 4) is 5.75 Å². The third-order valence-corrected chi connectivity index (χ3v) is 4.13. The minimum absolute atomic E-state index is 0.211. The first kappa shape index (κ1) is 20.2. The van der Waals surface area contributed by atoms with Gasteiger partial charge in [-0.1, -0.05) is 0 Å². The fourth-order valence-corrected chi connectivity index (χ4v) is 2.63. The zero-order valence-corrected chi connectivity index (χ0v) is 17.0. The summed E-state index contributed by atoms with van der Waals surface area (Å²) in [6.07, 6.45) is -0.362. The SMILES string of the molecule is COC(=O)c1ccc(Br)c(OCC2=NCCN(C(=O)OC(C)(C)C)C2)c1. The molecule has 142 valence electrons. The zero-order chi connectivity index (χ0) is 19.3. The molecule has 0 unspecified atom stereocenters. The molecule has 1 aromatic carbocycles. The zero-order valence-electron chi connectivity index (χ0n) is 15.4. The number of halogens is 1. The van der Waals surface area contributed by atoms with Gasteiger partial charge < -0.3 is 19.1 Å². The molecule has 1 aliphatic heterocycles. The number of hydrogen-bond donors (Lipinski definition) is 0. The smallest absolute Gasteiger partial charge is 0.410 e. The van der Waals surface area contributed by atoms with Gasteiger partial charge in [0, 0.05) is 6.54 Å². The molecule has 0 aromatic heterocycles. The number of amides is 1. The standard InChI is InChI=1S/C18H23BrN2O5/c1-18(2,3)26-17(23)21-8-7-20-13(10-21)11-25-15-9-12(16(22)24-4)5-6-14(15)19/h5-6,9H,7-8,10-11H2,1-4H3. The molecule has 26 heavy (non-hydrogen) atoms. The topological polar surface area (TPSA) is 77.4 Å². The number of aliphatic imine (C=N–C) groups is 1. The second-order valence-corrected chi connectivity index (χ2v) is 7.63. The summed E-state index contributed by atoms with van der Waals surface area (Å²) >= 11 is 3.39. The lowest BCUT2D eigenvalue weighted by Crippen LogP contribution is -2.44. The van der Waals surface area contributed by atoms with Crippen molar-refractivity contribution < 1.29 is 23.8 Å². The highest BCUT2D eigenvalue weighted by atomic mass is 79.9. The Balaban J connectivity index is 1.98. The number of hydrogen-bond acceptors (Lipinski definition) is 6. The Morgan fingerprint density at radius 3 is 2.69 bits per heavy atom. The third-order valence-electron chi connectivity index (χ3n) is 3.48. The van der Waals surface area contributed by atoms with Gasteiger partial charge in [0.2, 0.25) is 0 Å². The molecular weight excluding hydrogens is 404 g/mol. The highest BCUT2D eigenvalue weighted by molar-refractivity contribution is 9.10. The van der Waals surface area contributed by atoms with E-state index in [1.54, 1.807) is 23.1 Å². The van der Waals surface area contributed by atoms with Gasteiger partial charge in [-0.15, -0.1) is 0 Å². The van der Waals surface area contributed by atoms with E-state index in [4.69, 9.17) is 14.2 Å². The van der Waals surface area contributed by atoms with E-state index in [1.165, 1.54) is 7.11 Å². The summed E-state index contributed by atoms with van der Waals surface area (Å²) in [4.78, 5) is 29.8. The van der Waals surface area contributed by atoms with E-state index < -0.39 is 11.6 Å². The van der Waals surface area contributed by atoms with E-state index in [2.05, 4.69) is 20.9 Å². The molecule has 8 heteroatoms. The van der Waals surface area contributed by atoms with Crippen LogP contribution in [-0.4, -0.2) is 61.6 Å². The normalized spacial score (nSPS) is 14.5. The number of benzene rings is 1. The largest absolute Gasteiger partial charge is 0.486 e. The number of nitrogens with zero attached hydrogens (tertiary/aromatic N) is 2. The minimum Gasteiger partial charge on any atom is -0.486 e. The fourth-order valence-electron chi connectivity index (χ4n) is 2.27. The number of rotatable bonds is 4. The molecule has 1 heterocycles. The second-order valence-electron chi connectivity index (χ2n) is 6.78. The van der Waals surface area contributed by atoms with Crippen molar-refractivity contribution in [1.29, 1.82) is 0 Å². The van der Waals surface area contributed by atoms with E-state index in [0.717, 1.165) is 5.71 Å². The highest BCUT2D eigenvalue weighted by Crippen LogP contribution is 2.26. The Morgan fingerprint density at radius 1 is 1.31 bits per heavy atom. The monoisotopic (exact) mass is 426 g/mol. The summed E-state index contributed by atoms with van der Waals surface area (Å²) in [5.74, 6) is 0.0680. The van der Waals surface area contributed by atoms with Gasteiger partial charge in [-0.05, 0) is 54.9 Å². The first-order chi connectivity index (χ1) is 12.2. The van der Waals surface area contributed by atoms with Crippen LogP contribution in [0.15, 0.2) is 27.7 Å². The van der Waals surface area contributed by atoms with E-state index >= 15 is 0 Å². The van der Waals surface area contributed by atoms with Gasteiger partial charge >= 0.3 is 12.1 Å². The molecule has 0 N–H and O–H groups in total. The van der Waals surface area contributed by atoms with Gasteiger partial charge in [0.15, 0.2) is 0 Å². The van der Waals surface area contributed by atoms with Gasteiger partial charge in [0.25, 0.3) is 0 Å². The molecule has 1 amide bonds. The Hall–Kier alpha value is -2.09. The van der Waals surface area contributed by atoms with Crippen LogP contribution in [0, 0.1) is 0 Å². The molecule has 7 nitrogen and oxygen atoms in total. The summed E-state index contributed by atoms with van der Waals surface area (Å²) in [5.41, 5.74) is 0.589. The Labute approximate surface area is 161 Å². The van der Waals surface area contributed by atoms with Crippen molar-refractivity contribution in [1.82, 2.24) is 4.90 Å². The maximum Gasteiger partial charge on any atom is 0.410 e. The van der Waals surface area contributed by atoms with Crippen molar-refractivity contribution in [3.05, 3.63) is 28.2 Å². The van der Waals surface area contributed by atoms with Crippen molar-refractivity contribution in [3.63, 3.8) is 0 Å². The Morgan fingerprint density at radius 2 is 2.04 bits per heavy atom. The summed E-state index contributed by atoms with van der Waals surface area (Å²) in [7, 11) is 1.33. The molecule has 1 aromatic rings. The molecule has 0 spiro atoms. The van der Waals surface area contributed by atoms with Gasteiger partial charge in [-0.25, -0.2) is 9.59 Å². The average Bonchev–Trinajstić information content (AvgIpc) is 2.59. The molecular formula is C18H23BrN2O5. The molecule has 0 bridgehead atoms. The summed E-state index contributed by atoms with van der Waals surface area (Å²) < 4.78 is 16.6. The molecule has 0 fully saturated rings. The van der Waals surface area contributed by atoms with Gasteiger partial charge in [0.1, 0.15) is 18.0 Å². The van der Waals surface area contributed by atoms with Crippen molar-refractivity contribution in [2.45, 2.75) is 26.4 Å². The number of ether oxygens (including phenoxy) is 3. The second kappa shape index (κ2) is 8.53. The van der Waals surface area contributed by atoms with E-state index in [9.17, 15) is 9.59 Å². The van der Waals surface area contributed by atoms with Crippen molar-refractivity contribution >= 4 is 33.7 Å². The molecule has 0 radical (unpaired) electrons. The summed E-state index contributed by atoms with van der Waals surface area (Å²) in [6, 6.07) is 4.97. The average molecular weight is 427 g/mol. The number of carbonyl (C=O) groups excluding carboxylic acids is 2. The maximum atomic E-state index is 12.2. The van der Waals surface area contributed by atoms with E-state index in [-0.39, 0.29) is 12.7 Å². The van der Waals surface area contributed by atoms with Crippen LogP contribution < -0.4 is 4.74 Å². The first-order valence-corrected chi connectivity index (χ1v) is 8.99. The number of methoxy groups -OCH3 is 1. The molecule has 2 rings (SSSR count). The lowest BCUT2D eigenvalue weighted by molar-refractivity contribution is 0.0276. The quantitative estimate of drug-likeness (QED) is 0.690. The van der Waals surface area contributed by atoms with Crippen molar-refractivity contribution in [2.24, 2.45) is 4.99 Å². The molecule has 1 aliphatic rings. The number of carbonyl (C=O) groups is 2. The predicted octanol–water partition coefficient (Wildman–Crippen LogP) is 3.31. The van der Waals surface area contributed by atoms with Crippen LogP contribution in [0.2, 0.25) is 0 Å². The van der Waals surface area contributed by atoms with Crippen LogP contribution in [0.3, 0.4) is 0 Å². The van der Waals surface area contributed by atoms with E-state index in [0.29, 0.717) is 35.4 Å². The summed E-state index contributed by atoms with van der Waals surface area (Å²) in [6.45, 7) is 7.07. The van der Waals surface area contributed by atoms with Crippen LogP contribution >= 0.6 is 15.9 Å². The Bertz CT molecular complexity index is 712. The maximum absolute atomic E-state index is 12.2. The number of esters is 1. The van der Waals surface area contributed by atoms with Crippen LogP contribution in [-0.2, 0) is 9.47 Å². The van der Waals surface area contributed by atoms with Crippen LogP contribution in [0.1, 0.15) is 31.1 Å². The van der Waals surface area contributed by atoms with E-state index in [1.807, 2.05) is 20.8 Å². The Kier molecular flexibility index (Phi) is 6.63. The lowest BCUT2D eigenvalue weighted by atomic mass is 10.2. The highest BCUT2D eigenvalue weighted by Gasteiger charge is 2.25. The van der Waals surface area contributed by atoms with Gasteiger partial charge in [-0.3, -0.25) is 4.99 Å². The lowest BCUT2D eigenvalue weighted by Gasteiger charge is -2.29. The molecule has 0 saturated carbocycles. The molecule has 0 aliphatic carbocycles. The molecule has 0 saturated heterocycles.